The first-order valence-corrected chi connectivity index (χ1v) is 14.4. The molecule has 0 saturated heterocycles. The van der Waals surface area contributed by atoms with Gasteiger partial charge in [0.1, 0.15) is 0 Å². The molecule has 7 heteroatoms. The van der Waals surface area contributed by atoms with Crippen LogP contribution in [0.4, 0.5) is 0 Å². The summed E-state index contributed by atoms with van der Waals surface area (Å²) < 4.78 is 34.9. The SMILES string of the molecule is CC[C@H]1C(O)C2C(CC[C@@]3(C)C2CC[C@@H]3[C@H](C)CCCOS(=O)(=O)O)[C@H]2CC[C@H](O)C[C@H]21. The summed E-state index contributed by atoms with van der Waals surface area (Å²) in [4.78, 5) is 0. The first-order chi connectivity index (χ1) is 15.1. The highest BCUT2D eigenvalue weighted by molar-refractivity contribution is 7.80. The van der Waals surface area contributed by atoms with Crippen molar-refractivity contribution >= 4 is 10.4 Å². The average Bonchev–Trinajstić information content (AvgIpc) is 3.07. The molecule has 0 aromatic rings. The van der Waals surface area contributed by atoms with E-state index >= 15 is 0 Å². The molecule has 3 N–H and O–H groups in total. The van der Waals surface area contributed by atoms with Crippen molar-refractivity contribution in [3.8, 4) is 0 Å². The quantitative estimate of drug-likeness (QED) is 0.373. The molecule has 11 atom stereocenters. The molecule has 32 heavy (non-hydrogen) atoms. The van der Waals surface area contributed by atoms with Gasteiger partial charge in [-0.3, -0.25) is 4.55 Å². The van der Waals surface area contributed by atoms with Crippen LogP contribution < -0.4 is 0 Å². The third kappa shape index (κ3) is 4.53. The lowest BCUT2D eigenvalue weighted by molar-refractivity contribution is -0.167. The van der Waals surface area contributed by atoms with E-state index in [-0.39, 0.29) is 24.2 Å². The van der Waals surface area contributed by atoms with E-state index in [1.807, 2.05) is 0 Å². The summed E-state index contributed by atoms with van der Waals surface area (Å²) in [7, 11) is -4.36. The number of rotatable bonds is 7. The molecular formula is C25H44O6S. The van der Waals surface area contributed by atoms with E-state index in [2.05, 4.69) is 25.0 Å². The lowest BCUT2D eigenvalue weighted by atomic mass is 9.46. The van der Waals surface area contributed by atoms with Crippen LogP contribution in [0.15, 0.2) is 0 Å². The van der Waals surface area contributed by atoms with E-state index in [0.717, 1.165) is 32.1 Å². The third-order valence-electron chi connectivity index (χ3n) is 10.5. The van der Waals surface area contributed by atoms with Gasteiger partial charge in [0.15, 0.2) is 0 Å². The van der Waals surface area contributed by atoms with E-state index in [0.29, 0.717) is 53.8 Å². The Morgan fingerprint density at radius 1 is 1.06 bits per heavy atom. The van der Waals surface area contributed by atoms with E-state index in [4.69, 9.17) is 4.55 Å². The minimum absolute atomic E-state index is 0.0343. The van der Waals surface area contributed by atoms with E-state index in [9.17, 15) is 18.6 Å². The molecule has 0 bridgehead atoms. The standard InChI is InChI=1S/C25H44O6S/c1-4-17-20-14-16(26)7-8-18(20)19-11-12-25(3)21(9-10-22(25)23(19)24(17)27)15(2)6-5-13-31-32(28,29)30/h15-24,26-27H,4-14H2,1-3H3,(H,28,29,30)/t15-,16+,17-,18-,19?,20+,21-,22?,23?,24?,25-/m1/s1. The molecule has 0 spiro atoms. The third-order valence-corrected chi connectivity index (χ3v) is 11.0. The molecule has 0 heterocycles. The van der Waals surface area contributed by atoms with Gasteiger partial charge in [0.25, 0.3) is 0 Å². The van der Waals surface area contributed by atoms with Crippen LogP contribution in [0.2, 0.25) is 0 Å². The smallest absolute Gasteiger partial charge is 0.393 e. The molecule has 4 unspecified atom stereocenters. The fourth-order valence-electron chi connectivity index (χ4n) is 9.27. The zero-order chi connectivity index (χ0) is 23.3. The lowest BCUT2D eigenvalue weighted by Crippen LogP contribution is -2.58. The van der Waals surface area contributed by atoms with E-state index in [1.54, 1.807) is 0 Å². The minimum Gasteiger partial charge on any atom is -0.393 e. The van der Waals surface area contributed by atoms with Gasteiger partial charge in [-0.2, -0.15) is 8.42 Å². The topological polar surface area (TPSA) is 104 Å². The maximum absolute atomic E-state index is 11.6. The largest absolute Gasteiger partial charge is 0.397 e. The molecule has 186 valence electrons. The highest BCUT2D eigenvalue weighted by Crippen LogP contribution is 2.66. The van der Waals surface area contributed by atoms with Crippen LogP contribution in [0.3, 0.4) is 0 Å². The van der Waals surface area contributed by atoms with Gasteiger partial charge in [-0.1, -0.05) is 27.2 Å². The highest BCUT2D eigenvalue weighted by atomic mass is 32.3. The Kier molecular flexibility index (Phi) is 7.35. The van der Waals surface area contributed by atoms with Crippen molar-refractivity contribution < 1.29 is 27.4 Å². The summed E-state index contributed by atoms with van der Waals surface area (Å²) in [5.41, 5.74) is 0.227. The summed E-state index contributed by atoms with van der Waals surface area (Å²) in [6, 6.07) is 0. The van der Waals surface area contributed by atoms with Crippen molar-refractivity contribution in [2.45, 2.75) is 97.2 Å². The van der Waals surface area contributed by atoms with Gasteiger partial charge < -0.3 is 10.2 Å². The average molecular weight is 473 g/mol. The molecule has 6 nitrogen and oxygen atoms in total. The summed E-state index contributed by atoms with van der Waals surface area (Å²) in [6.07, 6.45) is 9.74. The van der Waals surface area contributed by atoms with Gasteiger partial charge in [0.05, 0.1) is 18.8 Å². The van der Waals surface area contributed by atoms with Gasteiger partial charge in [0.2, 0.25) is 0 Å². The van der Waals surface area contributed by atoms with Crippen molar-refractivity contribution in [1.82, 2.24) is 0 Å². The number of aliphatic hydroxyl groups excluding tert-OH is 2. The van der Waals surface area contributed by atoms with Crippen molar-refractivity contribution in [3.05, 3.63) is 0 Å². The van der Waals surface area contributed by atoms with Gasteiger partial charge in [0, 0.05) is 0 Å². The second-order valence-electron chi connectivity index (χ2n) is 11.8. The molecule has 0 aromatic carbocycles. The van der Waals surface area contributed by atoms with Crippen molar-refractivity contribution in [2.75, 3.05) is 6.61 Å². The van der Waals surface area contributed by atoms with Crippen LogP contribution in [0.5, 0.6) is 0 Å². The van der Waals surface area contributed by atoms with E-state index < -0.39 is 10.4 Å². The number of aliphatic hydroxyl groups is 2. The number of fused-ring (bicyclic) bond motifs is 5. The van der Waals surface area contributed by atoms with Crippen LogP contribution in [-0.4, -0.2) is 42.0 Å². The Labute approximate surface area is 194 Å². The summed E-state index contributed by atoms with van der Waals surface area (Å²) in [5, 5.41) is 22.0. The van der Waals surface area contributed by atoms with Gasteiger partial charge >= 0.3 is 10.4 Å². The molecule has 0 radical (unpaired) electrons. The molecule has 0 aromatic heterocycles. The minimum atomic E-state index is -4.36. The molecule has 0 aliphatic heterocycles. The normalized spacial score (nSPS) is 47.4. The Bertz CT molecular complexity index is 756. The first kappa shape index (κ1) is 24.9. The molecule has 4 rings (SSSR count). The van der Waals surface area contributed by atoms with E-state index in [1.165, 1.54) is 25.7 Å². The van der Waals surface area contributed by atoms with Gasteiger partial charge in [-0.25, -0.2) is 4.18 Å². The van der Waals surface area contributed by atoms with Crippen LogP contribution in [0.25, 0.3) is 0 Å². The summed E-state index contributed by atoms with van der Waals surface area (Å²) >= 11 is 0. The van der Waals surface area contributed by atoms with Crippen LogP contribution in [-0.2, 0) is 14.6 Å². The molecular weight excluding hydrogens is 428 g/mol. The first-order valence-electron chi connectivity index (χ1n) is 13.0. The van der Waals surface area contributed by atoms with Crippen LogP contribution in [0, 0.1) is 52.8 Å². The maximum Gasteiger partial charge on any atom is 0.397 e. The molecule has 4 saturated carbocycles. The molecule has 4 aliphatic carbocycles. The van der Waals surface area contributed by atoms with Crippen molar-refractivity contribution in [2.24, 2.45) is 52.8 Å². The number of hydrogen-bond donors (Lipinski definition) is 3. The predicted octanol–water partition coefficient (Wildman–Crippen LogP) is 4.46. The monoisotopic (exact) mass is 472 g/mol. The lowest BCUT2D eigenvalue weighted by Gasteiger charge is -2.60. The zero-order valence-electron chi connectivity index (χ0n) is 20.0. The van der Waals surface area contributed by atoms with Crippen LogP contribution in [0.1, 0.15) is 85.0 Å². The molecule has 0 amide bonds. The van der Waals surface area contributed by atoms with Crippen LogP contribution >= 0.6 is 0 Å². The van der Waals surface area contributed by atoms with Crippen molar-refractivity contribution in [1.29, 1.82) is 0 Å². The molecule has 4 fully saturated rings. The van der Waals surface area contributed by atoms with Gasteiger partial charge in [-0.05, 0) is 111 Å². The molecule has 4 aliphatic rings. The summed E-state index contributed by atoms with van der Waals surface area (Å²) in [6.45, 7) is 6.98. The fraction of sp³-hybridized carbons (Fsp3) is 1.00. The second-order valence-corrected chi connectivity index (χ2v) is 12.9. The highest BCUT2D eigenvalue weighted by Gasteiger charge is 2.61. The Hall–Kier alpha value is -0.210. The van der Waals surface area contributed by atoms with Crippen molar-refractivity contribution in [3.63, 3.8) is 0 Å². The second kappa shape index (κ2) is 9.44. The Morgan fingerprint density at radius 2 is 1.81 bits per heavy atom. The van der Waals surface area contributed by atoms with Gasteiger partial charge in [-0.15, -0.1) is 0 Å². The predicted molar refractivity (Wildman–Crippen MR) is 123 cm³/mol. The Balaban J connectivity index is 1.47. The zero-order valence-corrected chi connectivity index (χ0v) is 20.8. The fourth-order valence-corrected chi connectivity index (χ4v) is 9.60. The number of hydrogen-bond acceptors (Lipinski definition) is 5. The maximum atomic E-state index is 11.6. The summed E-state index contributed by atoms with van der Waals surface area (Å²) in [5.74, 6) is 4.03. The Morgan fingerprint density at radius 3 is 2.50 bits per heavy atom.